The van der Waals surface area contributed by atoms with E-state index in [1.54, 1.807) is 32.6 Å². The number of morpholine rings is 1. The summed E-state index contributed by atoms with van der Waals surface area (Å²) in [5.41, 5.74) is 3.11. The second-order valence-electron chi connectivity index (χ2n) is 9.96. The standard InChI is InChI=1S/C29H33N5O5/c1-18-6-5-7-19(2)27(18)39-24-17-32(3)25(35)15-20(24)22-16-33(4)29(37)26-21(22)14-23(31-26)28(36)30-8-9-34-10-12-38-13-11-34/h5-7,14-17,31H,8-13H2,1-4H3,(H,30,36). The highest BCUT2D eigenvalue weighted by molar-refractivity contribution is 6.03. The average Bonchev–Trinajstić information content (AvgIpc) is 3.37. The molecule has 204 valence electrons. The predicted molar refractivity (Wildman–Crippen MR) is 150 cm³/mol. The van der Waals surface area contributed by atoms with Crippen LogP contribution in [0.1, 0.15) is 21.6 Å². The second-order valence-corrected chi connectivity index (χ2v) is 9.96. The first-order valence-corrected chi connectivity index (χ1v) is 13.0. The van der Waals surface area contributed by atoms with E-state index in [4.69, 9.17) is 9.47 Å². The molecule has 0 aliphatic carbocycles. The minimum atomic E-state index is -0.302. The Bertz CT molecular complexity index is 1640. The first-order chi connectivity index (χ1) is 18.7. The molecule has 0 unspecified atom stereocenters. The van der Waals surface area contributed by atoms with E-state index >= 15 is 0 Å². The zero-order valence-electron chi connectivity index (χ0n) is 22.7. The number of carbonyl (C=O) groups excluding carboxylic acids is 1. The van der Waals surface area contributed by atoms with Gasteiger partial charge in [-0.1, -0.05) is 18.2 Å². The summed E-state index contributed by atoms with van der Waals surface area (Å²) in [6.45, 7) is 8.18. The number of amides is 1. The molecule has 1 aromatic carbocycles. The Morgan fingerprint density at radius 2 is 1.74 bits per heavy atom. The summed E-state index contributed by atoms with van der Waals surface area (Å²) >= 11 is 0. The zero-order valence-corrected chi connectivity index (χ0v) is 22.7. The smallest absolute Gasteiger partial charge is 0.274 e. The molecule has 10 heteroatoms. The van der Waals surface area contributed by atoms with Crippen LogP contribution < -0.4 is 21.2 Å². The molecule has 0 atom stereocenters. The van der Waals surface area contributed by atoms with Crippen molar-refractivity contribution in [3.05, 3.63) is 80.3 Å². The number of hydrogen-bond donors (Lipinski definition) is 2. The van der Waals surface area contributed by atoms with Gasteiger partial charge in [0.2, 0.25) is 0 Å². The van der Waals surface area contributed by atoms with Gasteiger partial charge in [0.15, 0.2) is 5.75 Å². The van der Waals surface area contributed by atoms with Gasteiger partial charge < -0.3 is 28.9 Å². The maximum atomic E-state index is 13.0. The summed E-state index contributed by atoms with van der Waals surface area (Å²) in [6.07, 6.45) is 3.32. The summed E-state index contributed by atoms with van der Waals surface area (Å²) in [5.74, 6) is 0.864. The zero-order chi connectivity index (χ0) is 27.7. The Balaban J connectivity index is 1.53. The number of H-pyrrole nitrogens is 1. The van der Waals surface area contributed by atoms with Crippen LogP contribution in [0.5, 0.6) is 11.5 Å². The van der Waals surface area contributed by atoms with E-state index in [0.29, 0.717) is 54.3 Å². The van der Waals surface area contributed by atoms with Crippen LogP contribution >= 0.6 is 0 Å². The molecular weight excluding hydrogens is 498 g/mol. The van der Waals surface area contributed by atoms with E-state index in [2.05, 4.69) is 15.2 Å². The molecule has 1 saturated heterocycles. The topological polar surface area (TPSA) is 111 Å². The Labute approximate surface area is 225 Å². The summed E-state index contributed by atoms with van der Waals surface area (Å²) in [5, 5.41) is 3.47. The highest BCUT2D eigenvalue weighted by atomic mass is 16.5. The highest BCUT2D eigenvalue weighted by Gasteiger charge is 2.20. The van der Waals surface area contributed by atoms with Crippen molar-refractivity contribution >= 4 is 16.8 Å². The number of pyridine rings is 2. The van der Waals surface area contributed by atoms with Gasteiger partial charge in [0, 0.05) is 69.1 Å². The third-order valence-electron chi connectivity index (χ3n) is 7.13. The van der Waals surface area contributed by atoms with Crippen molar-refractivity contribution < 1.29 is 14.3 Å². The lowest BCUT2D eigenvalue weighted by molar-refractivity contribution is 0.0383. The molecule has 2 N–H and O–H groups in total. The van der Waals surface area contributed by atoms with Crippen LogP contribution in [0.15, 0.2) is 52.3 Å². The molecule has 0 bridgehead atoms. The molecule has 5 rings (SSSR count). The molecule has 1 aliphatic rings. The minimum absolute atomic E-state index is 0.225. The summed E-state index contributed by atoms with van der Waals surface area (Å²) in [6, 6.07) is 9.05. The number of aryl methyl sites for hydroxylation is 4. The monoisotopic (exact) mass is 531 g/mol. The lowest BCUT2D eigenvalue weighted by atomic mass is 10.0. The van der Waals surface area contributed by atoms with Crippen molar-refractivity contribution in [2.24, 2.45) is 14.1 Å². The van der Waals surface area contributed by atoms with E-state index in [1.807, 2.05) is 32.0 Å². The van der Waals surface area contributed by atoms with Gasteiger partial charge in [0.05, 0.1) is 19.4 Å². The lowest BCUT2D eigenvalue weighted by Crippen LogP contribution is -2.41. The van der Waals surface area contributed by atoms with E-state index in [1.165, 1.54) is 15.2 Å². The fraction of sp³-hybridized carbons (Fsp3) is 0.345. The van der Waals surface area contributed by atoms with Crippen molar-refractivity contribution in [3.63, 3.8) is 0 Å². The maximum absolute atomic E-state index is 13.0. The molecule has 1 amide bonds. The second kappa shape index (κ2) is 10.9. The van der Waals surface area contributed by atoms with Gasteiger partial charge in [0.1, 0.15) is 17.0 Å². The van der Waals surface area contributed by atoms with Crippen molar-refractivity contribution in [1.82, 2.24) is 24.3 Å². The lowest BCUT2D eigenvalue weighted by Gasteiger charge is -2.26. The first-order valence-electron chi connectivity index (χ1n) is 13.0. The molecule has 4 aromatic rings. The summed E-state index contributed by atoms with van der Waals surface area (Å²) < 4.78 is 14.7. The number of aromatic nitrogens is 3. The van der Waals surface area contributed by atoms with Crippen LogP contribution in [0.25, 0.3) is 22.0 Å². The van der Waals surface area contributed by atoms with E-state index < -0.39 is 0 Å². The summed E-state index contributed by atoms with van der Waals surface area (Å²) in [7, 11) is 3.30. The number of nitrogens with zero attached hydrogens (tertiary/aromatic N) is 3. The molecule has 3 aromatic heterocycles. The number of para-hydroxylation sites is 1. The molecule has 0 spiro atoms. The van der Waals surface area contributed by atoms with Crippen LogP contribution in [0.4, 0.5) is 0 Å². The highest BCUT2D eigenvalue weighted by Crippen LogP contribution is 2.37. The number of hydrogen-bond acceptors (Lipinski definition) is 6. The molecule has 0 radical (unpaired) electrons. The van der Waals surface area contributed by atoms with Gasteiger partial charge in [-0.3, -0.25) is 19.3 Å². The van der Waals surface area contributed by atoms with Crippen LogP contribution in [0.3, 0.4) is 0 Å². The third kappa shape index (κ3) is 5.39. The van der Waals surface area contributed by atoms with Gasteiger partial charge in [-0.05, 0) is 31.0 Å². The number of ether oxygens (including phenoxy) is 2. The molecule has 10 nitrogen and oxygen atoms in total. The molecule has 1 fully saturated rings. The molecule has 4 heterocycles. The normalized spacial score (nSPS) is 14.1. The van der Waals surface area contributed by atoms with Crippen molar-refractivity contribution in [3.8, 4) is 22.6 Å². The Hall–Kier alpha value is -4.15. The fourth-order valence-corrected chi connectivity index (χ4v) is 4.89. The van der Waals surface area contributed by atoms with Crippen molar-refractivity contribution in [2.45, 2.75) is 13.8 Å². The average molecular weight is 532 g/mol. The van der Waals surface area contributed by atoms with E-state index in [9.17, 15) is 14.4 Å². The largest absolute Gasteiger partial charge is 0.455 e. The Morgan fingerprint density at radius 3 is 2.46 bits per heavy atom. The van der Waals surface area contributed by atoms with Crippen LogP contribution in [-0.4, -0.2) is 64.3 Å². The number of nitrogens with one attached hydrogen (secondary N) is 2. The van der Waals surface area contributed by atoms with Gasteiger partial charge >= 0.3 is 0 Å². The number of benzene rings is 1. The SMILES string of the molecule is Cc1cccc(C)c1Oc1cn(C)c(=O)cc1-c1cn(C)c(=O)c2[nH]c(C(=O)NCCN3CCOCC3)cc12. The van der Waals surface area contributed by atoms with Crippen molar-refractivity contribution in [1.29, 1.82) is 0 Å². The Kier molecular flexibility index (Phi) is 7.40. The van der Waals surface area contributed by atoms with Crippen molar-refractivity contribution in [2.75, 3.05) is 39.4 Å². The quantitative estimate of drug-likeness (QED) is 0.380. The van der Waals surface area contributed by atoms with Gasteiger partial charge in [-0.15, -0.1) is 0 Å². The number of aromatic amines is 1. The number of rotatable bonds is 7. The summed E-state index contributed by atoms with van der Waals surface area (Å²) in [4.78, 5) is 44.1. The number of carbonyl (C=O) groups is 1. The molecular formula is C29H33N5O5. The van der Waals surface area contributed by atoms with Gasteiger partial charge in [-0.25, -0.2) is 0 Å². The van der Waals surface area contributed by atoms with Gasteiger partial charge in [0.25, 0.3) is 17.0 Å². The first kappa shape index (κ1) is 26.5. The molecule has 0 saturated carbocycles. The maximum Gasteiger partial charge on any atom is 0.274 e. The third-order valence-corrected chi connectivity index (χ3v) is 7.13. The predicted octanol–water partition coefficient (Wildman–Crippen LogP) is 2.70. The minimum Gasteiger partial charge on any atom is -0.455 e. The molecule has 39 heavy (non-hydrogen) atoms. The van der Waals surface area contributed by atoms with E-state index in [0.717, 1.165) is 24.2 Å². The van der Waals surface area contributed by atoms with Crippen LogP contribution in [0.2, 0.25) is 0 Å². The van der Waals surface area contributed by atoms with E-state index in [-0.39, 0.29) is 28.2 Å². The van der Waals surface area contributed by atoms with Gasteiger partial charge in [-0.2, -0.15) is 0 Å². The van der Waals surface area contributed by atoms with Crippen LogP contribution in [-0.2, 0) is 18.8 Å². The fourth-order valence-electron chi connectivity index (χ4n) is 4.89. The number of fused-ring (bicyclic) bond motifs is 1. The van der Waals surface area contributed by atoms with Crippen LogP contribution in [0, 0.1) is 13.8 Å². The molecule has 1 aliphatic heterocycles. The Morgan fingerprint density at radius 1 is 1.03 bits per heavy atom.